The van der Waals surface area contributed by atoms with Crippen LogP contribution in [0, 0.1) is 0 Å². The molecule has 0 saturated heterocycles. The van der Waals surface area contributed by atoms with Crippen LogP contribution in [-0.2, 0) is 28.8 Å². The number of carbonyl (C=O) groups is 1. The monoisotopic (exact) mass is 531 g/mol. The zero-order valence-corrected chi connectivity index (χ0v) is 23.2. The quantitative estimate of drug-likeness (QED) is 0.263. The van der Waals surface area contributed by atoms with E-state index in [2.05, 4.69) is 32.3 Å². The van der Waals surface area contributed by atoms with Gasteiger partial charge in [0.25, 0.3) is 0 Å². The average Bonchev–Trinajstić information content (AvgIpc) is 2.97. The minimum atomic E-state index is -0.897. The van der Waals surface area contributed by atoms with Gasteiger partial charge in [-0.3, -0.25) is 4.98 Å². The molecular weight excluding hydrogens is 490 g/mol. The highest BCUT2D eigenvalue weighted by Gasteiger charge is 2.22. The van der Waals surface area contributed by atoms with E-state index in [9.17, 15) is 9.90 Å². The maximum Gasteiger partial charge on any atom is 0.326 e. The van der Waals surface area contributed by atoms with Gasteiger partial charge in [-0.15, -0.1) is 0 Å². The lowest BCUT2D eigenvalue weighted by Gasteiger charge is -2.27. The molecule has 1 aliphatic rings. The molecule has 2 heterocycles. The van der Waals surface area contributed by atoms with E-state index >= 15 is 0 Å². The number of nitrogens with one attached hydrogen (secondary N) is 1. The van der Waals surface area contributed by atoms with E-state index in [0.29, 0.717) is 18.8 Å². The Labute approximate surface area is 231 Å². The second kappa shape index (κ2) is 14.7. The molecule has 0 bridgehead atoms. The average molecular weight is 532 g/mol. The maximum absolute atomic E-state index is 12.2. The van der Waals surface area contributed by atoms with Crippen LogP contribution in [-0.4, -0.2) is 69.8 Å². The van der Waals surface area contributed by atoms with Gasteiger partial charge in [0.05, 0.1) is 6.10 Å². The Morgan fingerprint density at radius 3 is 2.72 bits per heavy atom. The van der Waals surface area contributed by atoms with Crippen LogP contribution in [0.25, 0.3) is 11.1 Å². The standard InChI is InChI=1S/C31H41N5O3/c1-23(39-2)21-36(18-9-8-13-26-16-15-25-12-6-7-14-28(25)34-26)19-17-29(31(37)38)35-30-27(20-32-22-33-30)24-10-4-3-5-11-24/h3-5,10-11,15-16,20,22-23,29H,6-9,12-14,17-19,21H2,1-2H3,(H,37,38)(H,32,33,35)/t23-,29+/m1/s1. The molecule has 0 amide bonds. The normalized spacial score (nSPS) is 14.5. The van der Waals surface area contributed by atoms with Gasteiger partial charge in [-0.1, -0.05) is 36.4 Å². The van der Waals surface area contributed by atoms with Crippen LogP contribution in [0.5, 0.6) is 0 Å². The van der Waals surface area contributed by atoms with Crippen LogP contribution in [0.1, 0.15) is 56.0 Å². The third-order valence-corrected chi connectivity index (χ3v) is 7.45. The lowest BCUT2D eigenvalue weighted by Crippen LogP contribution is -2.38. The lowest BCUT2D eigenvalue weighted by molar-refractivity contribution is -0.138. The molecule has 2 atom stereocenters. The fourth-order valence-corrected chi connectivity index (χ4v) is 5.15. The fraction of sp³-hybridized carbons (Fsp3) is 0.484. The van der Waals surface area contributed by atoms with Crippen LogP contribution in [0.2, 0.25) is 0 Å². The Morgan fingerprint density at radius 2 is 1.92 bits per heavy atom. The van der Waals surface area contributed by atoms with E-state index < -0.39 is 12.0 Å². The second-order valence-electron chi connectivity index (χ2n) is 10.4. The molecule has 0 fully saturated rings. The number of carboxylic acids is 1. The molecule has 8 heteroatoms. The summed E-state index contributed by atoms with van der Waals surface area (Å²) in [6.45, 7) is 4.32. The second-order valence-corrected chi connectivity index (χ2v) is 10.4. The minimum Gasteiger partial charge on any atom is -0.480 e. The number of rotatable bonds is 15. The third kappa shape index (κ3) is 8.57. The number of ether oxygens (including phenoxy) is 1. The number of hydrogen-bond acceptors (Lipinski definition) is 7. The van der Waals surface area contributed by atoms with E-state index in [-0.39, 0.29) is 6.10 Å². The van der Waals surface area contributed by atoms with Gasteiger partial charge in [0.1, 0.15) is 18.2 Å². The number of hydrogen-bond donors (Lipinski definition) is 2. The number of aromatic nitrogens is 3. The summed E-state index contributed by atoms with van der Waals surface area (Å²) in [5.74, 6) is -0.371. The summed E-state index contributed by atoms with van der Waals surface area (Å²) >= 11 is 0. The summed E-state index contributed by atoms with van der Waals surface area (Å²) in [6.07, 6.45) is 11.5. The Kier molecular flexibility index (Phi) is 10.8. The number of aryl methyl sites for hydroxylation is 3. The van der Waals surface area contributed by atoms with E-state index in [4.69, 9.17) is 9.72 Å². The number of unbranched alkanes of at least 4 members (excludes halogenated alkanes) is 1. The Bertz CT molecular complexity index is 1190. The first-order chi connectivity index (χ1) is 19.0. The molecule has 0 saturated carbocycles. The molecule has 0 radical (unpaired) electrons. The first-order valence-corrected chi connectivity index (χ1v) is 14.1. The molecule has 4 rings (SSSR count). The molecule has 1 aromatic carbocycles. The summed E-state index contributed by atoms with van der Waals surface area (Å²) in [6, 6.07) is 13.4. The van der Waals surface area contributed by atoms with Crippen LogP contribution in [0.4, 0.5) is 5.82 Å². The molecule has 3 aromatic rings. The fourth-order valence-electron chi connectivity index (χ4n) is 5.15. The summed E-state index contributed by atoms with van der Waals surface area (Å²) in [4.78, 5) is 27.9. The molecule has 1 aliphatic carbocycles. The lowest BCUT2D eigenvalue weighted by atomic mass is 9.95. The van der Waals surface area contributed by atoms with Gasteiger partial charge in [0.2, 0.25) is 0 Å². The van der Waals surface area contributed by atoms with Gasteiger partial charge in [0, 0.05) is 43.3 Å². The van der Waals surface area contributed by atoms with Crippen LogP contribution >= 0.6 is 0 Å². The number of benzene rings is 1. The van der Waals surface area contributed by atoms with Crippen molar-refractivity contribution in [3.8, 4) is 11.1 Å². The van der Waals surface area contributed by atoms with E-state index in [1.165, 1.54) is 36.1 Å². The van der Waals surface area contributed by atoms with Crippen molar-refractivity contribution < 1.29 is 14.6 Å². The molecule has 0 aliphatic heterocycles. The molecule has 0 spiro atoms. The first kappa shape index (κ1) is 28.6. The predicted molar refractivity (Wildman–Crippen MR) is 154 cm³/mol. The first-order valence-electron chi connectivity index (χ1n) is 14.1. The highest BCUT2D eigenvalue weighted by atomic mass is 16.5. The van der Waals surface area contributed by atoms with Crippen LogP contribution in [0.3, 0.4) is 0 Å². The maximum atomic E-state index is 12.2. The minimum absolute atomic E-state index is 0.0649. The van der Waals surface area contributed by atoms with Gasteiger partial charge in [-0.25, -0.2) is 14.8 Å². The zero-order chi connectivity index (χ0) is 27.5. The Hall–Kier alpha value is -3.36. The number of aliphatic carboxylic acids is 1. The SMILES string of the molecule is CO[C@H](C)CN(CCCCc1ccc2c(n1)CCCC2)CC[C@H](Nc1ncncc1-c1ccccc1)C(=O)O. The third-order valence-electron chi connectivity index (χ3n) is 7.45. The van der Waals surface area contributed by atoms with Crippen molar-refractivity contribution in [2.24, 2.45) is 0 Å². The van der Waals surface area contributed by atoms with Crippen LogP contribution < -0.4 is 5.32 Å². The predicted octanol–water partition coefficient (Wildman–Crippen LogP) is 5.03. The molecule has 0 unspecified atom stereocenters. The molecular formula is C31H41N5O3. The number of anilines is 1. The van der Waals surface area contributed by atoms with E-state index in [1.807, 2.05) is 37.3 Å². The largest absolute Gasteiger partial charge is 0.480 e. The number of fused-ring (bicyclic) bond motifs is 1. The Balaban J connectivity index is 1.33. The van der Waals surface area contributed by atoms with E-state index in [1.54, 1.807) is 13.3 Å². The summed E-state index contributed by atoms with van der Waals surface area (Å²) in [5, 5.41) is 13.2. The van der Waals surface area contributed by atoms with Crippen molar-refractivity contribution in [1.29, 1.82) is 0 Å². The smallest absolute Gasteiger partial charge is 0.326 e. The summed E-state index contributed by atoms with van der Waals surface area (Å²) in [5.41, 5.74) is 5.62. The van der Waals surface area contributed by atoms with Gasteiger partial charge >= 0.3 is 5.97 Å². The summed E-state index contributed by atoms with van der Waals surface area (Å²) in [7, 11) is 1.71. The van der Waals surface area contributed by atoms with Gasteiger partial charge in [-0.05, 0) is 82.0 Å². The van der Waals surface area contributed by atoms with Crippen molar-refractivity contribution in [3.05, 3.63) is 71.9 Å². The van der Waals surface area contributed by atoms with Crippen molar-refractivity contribution >= 4 is 11.8 Å². The number of carboxylic acid groups (broad SMARTS) is 1. The van der Waals surface area contributed by atoms with Crippen LogP contribution in [0.15, 0.2) is 55.0 Å². The highest BCUT2D eigenvalue weighted by Crippen LogP contribution is 2.26. The number of pyridine rings is 1. The zero-order valence-electron chi connectivity index (χ0n) is 23.2. The van der Waals surface area contributed by atoms with Crippen molar-refractivity contribution in [2.45, 2.75) is 70.4 Å². The molecule has 2 aromatic heterocycles. The number of nitrogens with zero attached hydrogens (tertiary/aromatic N) is 4. The topological polar surface area (TPSA) is 100 Å². The van der Waals surface area contributed by atoms with E-state index in [0.717, 1.165) is 56.3 Å². The van der Waals surface area contributed by atoms with Gasteiger partial charge < -0.3 is 20.1 Å². The molecule has 2 N–H and O–H groups in total. The van der Waals surface area contributed by atoms with Crippen molar-refractivity contribution in [3.63, 3.8) is 0 Å². The van der Waals surface area contributed by atoms with Crippen molar-refractivity contribution in [2.75, 3.05) is 32.1 Å². The van der Waals surface area contributed by atoms with Gasteiger partial charge in [0.15, 0.2) is 0 Å². The highest BCUT2D eigenvalue weighted by molar-refractivity contribution is 5.81. The summed E-state index contributed by atoms with van der Waals surface area (Å²) < 4.78 is 5.52. The van der Waals surface area contributed by atoms with Crippen molar-refractivity contribution in [1.82, 2.24) is 19.9 Å². The van der Waals surface area contributed by atoms with Gasteiger partial charge in [-0.2, -0.15) is 0 Å². The Morgan fingerprint density at radius 1 is 1.10 bits per heavy atom. The number of methoxy groups -OCH3 is 1. The molecule has 208 valence electrons. The molecule has 39 heavy (non-hydrogen) atoms. The molecule has 8 nitrogen and oxygen atoms in total.